The molecule has 8 rings (SSSR count). The molecule has 274 valence electrons. The highest BCUT2D eigenvalue weighted by Crippen LogP contribution is 2.61. The van der Waals surface area contributed by atoms with Crippen molar-refractivity contribution in [2.24, 2.45) is 40.0 Å². The van der Waals surface area contributed by atoms with Gasteiger partial charge in [-0.05, 0) is 104 Å². The van der Waals surface area contributed by atoms with Crippen LogP contribution in [0.15, 0.2) is 69.9 Å². The Morgan fingerprint density at radius 2 is 1.88 bits per heavy atom. The molecule has 0 amide bonds. The lowest BCUT2D eigenvalue weighted by Gasteiger charge is -2.61. The molecule has 51 heavy (non-hydrogen) atoms. The van der Waals surface area contributed by atoms with Crippen molar-refractivity contribution in [3.05, 3.63) is 76.3 Å². The Labute approximate surface area is 303 Å². The maximum Gasteiger partial charge on any atom is 0.261 e. The van der Waals surface area contributed by atoms with E-state index in [1.54, 1.807) is 17.8 Å². The second-order valence-corrected chi connectivity index (χ2v) is 17.2. The fraction of sp³-hybridized carbons (Fsp3) is 0.595. The standard InChI is InChI=1S/C42H57FN6O2/c1-26-18-27(2)24-48(23-26)40(46-36-20-31-19-34(28(36)3)41(31,4)5)44-32-11-12-33-37(21-32)45-38(30-10-9-16-47(7)25-30)49(39(33)50)17-14-29-13-15-42(6,51-8)22-35(29)43/h9-13,15-16,21,26-28,31,34,36H,14,17-20,22-25H2,1-8H3,(H,44,46)/t26-,27+,28?,31-,34+,36-,42?/m0/s1. The van der Waals surface area contributed by atoms with Crippen molar-refractivity contribution in [3.8, 4) is 0 Å². The van der Waals surface area contributed by atoms with E-state index in [2.05, 4.69) is 49.7 Å². The van der Waals surface area contributed by atoms with E-state index in [9.17, 15) is 4.79 Å². The predicted octanol–water partition coefficient (Wildman–Crippen LogP) is 8.03. The molecule has 6 aliphatic rings. The molecule has 2 aromatic rings. The summed E-state index contributed by atoms with van der Waals surface area (Å²) in [6, 6.07) is 6.17. The van der Waals surface area contributed by atoms with Gasteiger partial charge in [0.1, 0.15) is 11.7 Å². The normalized spacial score (nSPS) is 31.9. The maximum atomic E-state index is 15.2. The van der Waals surface area contributed by atoms with Crippen LogP contribution < -0.4 is 10.9 Å². The number of aromatic nitrogens is 2. The topological polar surface area (TPSA) is 75.0 Å². The first-order valence-corrected chi connectivity index (χ1v) is 19.1. The lowest BCUT2D eigenvalue weighted by Crippen LogP contribution is -2.57. The molecule has 8 nitrogen and oxygen atoms in total. The highest BCUT2D eigenvalue weighted by Gasteiger charge is 2.56. The van der Waals surface area contributed by atoms with Gasteiger partial charge in [0.05, 0.1) is 22.5 Å². The number of benzene rings is 1. The Bertz CT molecular complexity index is 1880. The van der Waals surface area contributed by atoms with Crippen LogP contribution in [0.4, 0.5) is 10.1 Å². The summed E-state index contributed by atoms with van der Waals surface area (Å²) in [6.45, 7) is 16.7. The van der Waals surface area contributed by atoms with Crippen LogP contribution >= 0.6 is 0 Å². The Morgan fingerprint density at radius 3 is 2.55 bits per heavy atom. The van der Waals surface area contributed by atoms with Gasteiger partial charge in [-0.2, -0.15) is 0 Å². The first-order chi connectivity index (χ1) is 24.2. The summed E-state index contributed by atoms with van der Waals surface area (Å²) in [5, 5.41) is 4.30. The first kappa shape index (κ1) is 35.7. The highest BCUT2D eigenvalue weighted by atomic mass is 19.1. The molecular weight excluding hydrogens is 640 g/mol. The highest BCUT2D eigenvalue weighted by molar-refractivity contribution is 5.96. The fourth-order valence-electron chi connectivity index (χ4n) is 9.62. The molecule has 1 aromatic heterocycles. The lowest BCUT2D eigenvalue weighted by molar-refractivity contribution is -0.108. The molecule has 3 saturated carbocycles. The number of ether oxygens (including phenoxy) is 1. The Balaban J connectivity index is 1.23. The third-order valence-corrected chi connectivity index (χ3v) is 12.9. The Kier molecular flexibility index (Phi) is 9.57. The number of allylic oxidation sites excluding steroid dienone is 4. The number of likely N-dealkylation sites (tertiary alicyclic amines) is 1. The monoisotopic (exact) mass is 696 g/mol. The van der Waals surface area contributed by atoms with Crippen molar-refractivity contribution >= 4 is 28.1 Å². The molecule has 2 unspecified atom stereocenters. The number of anilines is 1. The summed E-state index contributed by atoms with van der Waals surface area (Å²) >= 11 is 0. The number of nitrogens with one attached hydrogen (secondary N) is 1. The minimum Gasteiger partial charge on any atom is -0.376 e. The average molecular weight is 697 g/mol. The first-order valence-electron chi connectivity index (χ1n) is 19.1. The van der Waals surface area contributed by atoms with E-state index >= 15 is 4.39 Å². The van der Waals surface area contributed by atoms with E-state index in [1.165, 1.54) is 12.8 Å². The van der Waals surface area contributed by atoms with Crippen LogP contribution in [-0.4, -0.2) is 70.7 Å². The number of likely N-dealkylation sites (N-methyl/N-ethyl adjacent to an activating group) is 1. The summed E-state index contributed by atoms with van der Waals surface area (Å²) in [4.78, 5) is 29.5. The molecular formula is C42H57FN6O2. The van der Waals surface area contributed by atoms with E-state index in [-0.39, 0.29) is 17.8 Å². The molecule has 2 bridgehead atoms. The number of methoxy groups -OCH3 is 1. The van der Waals surface area contributed by atoms with Crippen LogP contribution in [-0.2, 0) is 11.3 Å². The molecule has 1 saturated heterocycles. The predicted molar refractivity (Wildman–Crippen MR) is 206 cm³/mol. The Hall–Kier alpha value is -3.72. The number of hydrogen-bond donors (Lipinski definition) is 1. The van der Waals surface area contributed by atoms with Crippen LogP contribution in [0.25, 0.3) is 16.5 Å². The number of halogens is 1. The van der Waals surface area contributed by atoms with Crippen LogP contribution in [0.3, 0.4) is 0 Å². The molecule has 2 aliphatic heterocycles. The number of aliphatic imine (C=N–C) groups is 1. The number of guanidine groups is 1. The summed E-state index contributed by atoms with van der Waals surface area (Å²) < 4.78 is 22.5. The van der Waals surface area contributed by atoms with Crippen molar-refractivity contribution in [2.75, 3.05) is 39.1 Å². The summed E-state index contributed by atoms with van der Waals surface area (Å²) in [6.07, 6.45) is 14.0. The largest absolute Gasteiger partial charge is 0.376 e. The smallest absolute Gasteiger partial charge is 0.261 e. The van der Waals surface area contributed by atoms with Crippen molar-refractivity contribution < 1.29 is 9.13 Å². The van der Waals surface area contributed by atoms with Crippen LogP contribution in [0.5, 0.6) is 0 Å². The number of hydrogen-bond acceptors (Lipinski definition) is 5. The van der Waals surface area contributed by atoms with Crippen LogP contribution in [0.2, 0.25) is 0 Å². The lowest BCUT2D eigenvalue weighted by atomic mass is 9.45. The van der Waals surface area contributed by atoms with Gasteiger partial charge in [0, 0.05) is 58.0 Å². The third-order valence-electron chi connectivity index (χ3n) is 12.9. The number of piperidine rings is 1. The molecule has 1 N–H and O–H groups in total. The van der Waals surface area contributed by atoms with Gasteiger partial charge in [0.25, 0.3) is 5.56 Å². The zero-order valence-corrected chi connectivity index (χ0v) is 31.9. The number of nitrogens with zero attached hydrogens (tertiary/aromatic N) is 5. The molecule has 9 heteroatoms. The molecule has 0 radical (unpaired) electrons. The zero-order chi connectivity index (χ0) is 36.2. The number of rotatable bonds is 7. The molecule has 4 fully saturated rings. The molecule has 4 aliphatic carbocycles. The second-order valence-electron chi connectivity index (χ2n) is 17.2. The van der Waals surface area contributed by atoms with Gasteiger partial charge in [0.2, 0.25) is 0 Å². The molecule has 1 aromatic carbocycles. The second kappa shape index (κ2) is 13.7. The van der Waals surface area contributed by atoms with E-state index in [1.807, 2.05) is 56.6 Å². The summed E-state index contributed by atoms with van der Waals surface area (Å²) in [5.74, 6) is 4.52. The van der Waals surface area contributed by atoms with E-state index in [0.717, 1.165) is 42.6 Å². The van der Waals surface area contributed by atoms with Gasteiger partial charge in [-0.15, -0.1) is 0 Å². The van der Waals surface area contributed by atoms with E-state index < -0.39 is 5.60 Å². The maximum absolute atomic E-state index is 15.2. The van der Waals surface area contributed by atoms with E-state index in [0.29, 0.717) is 76.9 Å². The van der Waals surface area contributed by atoms with Crippen molar-refractivity contribution in [1.29, 1.82) is 0 Å². The van der Waals surface area contributed by atoms with Gasteiger partial charge < -0.3 is 19.9 Å². The van der Waals surface area contributed by atoms with Gasteiger partial charge in [-0.25, -0.2) is 14.4 Å². The molecule has 0 spiro atoms. The van der Waals surface area contributed by atoms with Crippen LogP contribution in [0.1, 0.15) is 79.5 Å². The quantitative estimate of drug-likeness (QED) is 0.234. The fourth-order valence-corrected chi connectivity index (χ4v) is 9.62. The summed E-state index contributed by atoms with van der Waals surface area (Å²) in [7, 11) is 3.61. The SMILES string of the molecule is COC1(C)C=CC(CCn2c(C3=CC=CN(C)C3)nc3cc(NC(=N[C@H]4C[C@@H]5C[C@H](C4C)C5(C)C)N4C[C@H](C)C[C@H](C)C4)ccc3c2=O)=C(F)C1. The zero-order valence-electron chi connectivity index (χ0n) is 31.9. The van der Waals surface area contributed by atoms with Gasteiger partial charge >= 0.3 is 0 Å². The van der Waals surface area contributed by atoms with E-state index in [4.69, 9.17) is 14.7 Å². The van der Waals surface area contributed by atoms with Gasteiger partial charge in [0.15, 0.2) is 5.96 Å². The molecule has 7 atom stereocenters. The van der Waals surface area contributed by atoms with Gasteiger partial charge in [-0.1, -0.05) is 52.8 Å². The minimum absolute atomic E-state index is 0.118. The van der Waals surface area contributed by atoms with Crippen molar-refractivity contribution in [2.45, 2.75) is 91.8 Å². The third kappa shape index (κ3) is 6.95. The Morgan fingerprint density at radius 1 is 1.12 bits per heavy atom. The van der Waals surface area contributed by atoms with Crippen LogP contribution in [0, 0.1) is 35.0 Å². The number of fused-ring (bicyclic) bond motifs is 3. The molecule has 3 heterocycles. The van der Waals surface area contributed by atoms with Crippen molar-refractivity contribution in [1.82, 2.24) is 19.4 Å². The summed E-state index contributed by atoms with van der Waals surface area (Å²) in [5.41, 5.74) is 2.70. The van der Waals surface area contributed by atoms with Gasteiger partial charge in [-0.3, -0.25) is 9.36 Å². The average Bonchev–Trinajstić information content (AvgIpc) is 3.08. The minimum atomic E-state index is -0.656. The van der Waals surface area contributed by atoms with Crippen molar-refractivity contribution in [3.63, 3.8) is 0 Å².